The predicted octanol–water partition coefficient (Wildman–Crippen LogP) is 3.69. The number of benzene rings is 1. The first-order valence-electron chi connectivity index (χ1n) is 6.81. The molecule has 1 aromatic heterocycles. The van der Waals surface area contributed by atoms with Crippen molar-refractivity contribution >= 4 is 31.9 Å². The maximum Gasteiger partial charge on any atom is 0.147 e. The topological polar surface area (TPSA) is 53.1 Å². The highest BCUT2D eigenvalue weighted by Crippen LogP contribution is 2.35. The molecule has 1 atom stereocenters. The summed E-state index contributed by atoms with van der Waals surface area (Å²) in [6.07, 6.45) is 4.59. The Kier molecular flexibility index (Phi) is 5.84. The number of imidazole rings is 1. The van der Waals surface area contributed by atoms with Gasteiger partial charge in [-0.15, -0.1) is 0 Å². The van der Waals surface area contributed by atoms with Gasteiger partial charge in [-0.2, -0.15) is 0 Å². The van der Waals surface area contributed by atoms with Crippen molar-refractivity contribution in [3.05, 3.63) is 44.9 Å². The van der Waals surface area contributed by atoms with Gasteiger partial charge in [0, 0.05) is 18.4 Å². The lowest BCUT2D eigenvalue weighted by atomic mass is 10.1. The number of aryl methyl sites for hydroxylation is 1. The summed E-state index contributed by atoms with van der Waals surface area (Å²) in [6, 6.07) is 4.26. The molecule has 0 spiro atoms. The molecule has 114 valence electrons. The van der Waals surface area contributed by atoms with Crippen LogP contribution in [0.3, 0.4) is 0 Å². The lowest BCUT2D eigenvalue weighted by molar-refractivity contribution is 0.293. The van der Waals surface area contributed by atoms with Crippen molar-refractivity contribution in [3.8, 4) is 5.75 Å². The molecule has 2 aromatic rings. The molecule has 1 aromatic carbocycles. The van der Waals surface area contributed by atoms with Crippen molar-refractivity contribution in [2.24, 2.45) is 5.73 Å². The molecule has 0 bridgehead atoms. The molecule has 0 amide bonds. The van der Waals surface area contributed by atoms with E-state index in [1.165, 1.54) is 5.56 Å². The predicted molar refractivity (Wildman–Crippen MR) is 91.7 cm³/mol. The Labute approximate surface area is 142 Å². The van der Waals surface area contributed by atoms with E-state index in [0.717, 1.165) is 33.5 Å². The van der Waals surface area contributed by atoms with E-state index in [2.05, 4.69) is 53.5 Å². The third-order valence-electron chi connectivity index (χ3n) is 3.12. The SMILES string of the molecule is Cc1nccn1CCOc1c(Br)cc(CC(C)N)cc1Br. The van der Waals surface area contributed by atoms with Gasteiger partial charge in [-0.05, 0) is 69.8 Å². The fraction of sp³-hybridized carbons (Fsp3) is 0.400. The van der Waals surface area contributed by atoms with Gasteiger partial charge in [0.05, 0.1) is 15.5 Å². The Morgan fingerprint density at radius 2 is 2.00 bits per heavy atom. The summed E-state index contributed by atoms with van der Waals surface area (Å²) in [7, 11) is 0. The van der Waals surface area contributed by atoms with E-state index < -0.39 is 0 Å². The average Bonchev–Trinajstić information content (AvgIpc) is 2.77. The lowest BCUT2D eigenvalue weighted by Gasteiger charge is -2.14. The third kappa shape index (κ3) is 4.56. The summed E-state index contributed by atoms with van der Waals surface area (Å²) in [6.45, 7) is 5.33. The number of hydrogen-bond acceptors (Lipinski definition) is 3. The molecule has 0 aliphatic rings. The van der Waals surface area contributed by atoms with Crippen LogP contribution in [-0.2, 0) is 13.0 Å². The molecular formula is C15H19Br2N3O. The van der Waals surface area contributed by atoms with Crippen LogP contribution in [0.5, 0.6) is 5.75 Å². The zero-order valence-electron chi connectivity index (χ0n) is 12.1. The van der Waals surface area contributed by atoms with Crippen molar-refractivity contribution in [1.82, 2.24) is 9.55 Å². The number of nitrogens with zero attached hydrogens (tertiary/aromatic N) is 2. The van der Waals surface area contributed by atoms with Crippen LogP contribution >= 0.6 is 31.9 Å². The van der Waals surface area contributed by atoms with Crippen molar-refractivity contribution < 1.29 is 4.74 Å². The van der Waals surface area contributed by atoms with Gasteiger partial charge >= 0.3 is 0 Å². The minimum absolute atomic E-state index is 0.139. The molecule has 21 heavy (non-hydrogen) atoms. The van der Waals surface area contributed by atoms with Crippen molar-refractivity contribution in [2.45, 2.75) is 32.9 Å². The minimum Gasteiger partial charge on any atom is -0.489 e. The molecule has 0 saturated heterocycles. The van der Waals surface area contributed by atoms with Gasteiger partial charge in [-0.1, -0.05) is 0 Å². The molecule has 0 fully saturated rings. The Balaban J connectivity index is 2.01. The highest BCUT2D eigenvalue weighted by Gasteiger charge is 2.10. The fourth-order valence-electron chi connectivity index (χ4n) is 2.13. The van der Waals surface area contributed by atoms with Crippen LogP contribution in [0.1, 0.15) is 18.3 Å². The van der Waals surface area contributed by atoms with Crippen LogP contribution in [0.15, 0.2) is 33.5 Å². The first-order valence-corrected chi connectivity index (χ1v) is 8.40. The number of aromatic nitrogens is 2. The van der Waals surface area contributed by atoms with E-state index in [9.17, 15) is 0 Å². The Morgan fingerprint density at radius 3 is 2.52 bits per heavy atom. The highest BCUT2D eigenvalue weighted by molar-refractivity contribution is 9.11. The second-order valence-electron chi connectivity index (χ2n) is 5.09. The maximum absolute atomic E-state index is 5.88. The van der Waals surface area contributed by atoms with Crippen LogP contribution in [-0.4, -0.2) is 22.2 Å². The van der Waals surface area contributed by atoms with Crippen LogP contribution in [0.25, 0.3) is 0 Å². The van der Waals surface area contributed by atoms with E-state index in [1.54, 1.807) is 6.20 Å². The quantitative estimate of drug-likeness (QED) is 0.781. The van der Waals surface area contributed by atoms with Gasteiger partial charge in [0.2, 0.25) is 0 Å². The van der Waals surface area contributed by atoms with Gasteiger partial charge in [-0.3, -0.25) is 0 Å². The third-order valence-corrected chi connectivity index (χ3v) is 4.30. The standard InChI is InChI=1S/C15H19Br2N3O/c1-10(18)7-12-8-13(16)15(14(17)9-12)21-6-5-20-4-3-19-11(20)2/h3-4,8-10H,5-7,18H2,1-2H3. The fourth-order valence-corrected chi connectivity index (χ4v) is 3.64. The van der Waals surface area contributed by atoms with Gasteiger partial charge < -0.3 is 15.0 Å². The smallest absolute Gasteiger partial charge is 0.147 e. The van der Waals surface area contributed by atoms with Crippen LogP contribution < -0.4 is 10.5 Å². The monoisotopic (exact) mass is 415 g/mol. The highest BCUT2D eigenvalue weighted by atomic mass is 79.9. The first kappa shape index (κ1) is 16.5. The summed E-state index contributed by atoms with van der Waals surface area (Å²) in [4.78, 5) is 4.19. The molecule has 2 rings (SSSR count). The van der Waals surface area contributed by atoms with E-state index >= 15 is 0 Å². The van der Waals surface area contributed by atoms with Crippen molar-refractivity contribution in [2.75, 3.05) is 6.61 Å². The van der Waals surface area contributed by atoms with E-state index in [-0.39, 0.29) is 6.04 Å². The Bertz CT molecular complexity index is 588. The molecule has 6 heteroatoms. The Morgan fingerprint density at radius 1 is 1.33 bits per heavy atom. The lowest BCUT2D eigenvalue weighted by Crippen LogP contribution is -2.17. The number of halogens is 2. The molecule has 0 radical (unpaired) electrons. The molecule has 0 aliphatic carbocycles. The van der Waals surface area contributed by atoms with E-state index in [0.29, 0.717) is 6.61 Å². The zero-order chi connectivity index (χ0) is 15.4. The summed E-state index contributed by atoms with van der Waals surface area (Å²) >= 11 is 7.13. The van der Waals surface area contributed by atoms with Crippen LogP contribution in [0.4, 0.5) is 0 Å². The number of nitrogens with two attached hydrogens (primary N) is 1. The molecule has 0 aliphatic heterocycles. The molecule has 1 heterocycles. The Hall–Kier alpha value is -0.850. The van der Waals surface area contributed by atoms with Crippen LogP contribution in [0, 0.1) is 6.92 Å². The van der Waals surface area contributed by atoms with Gasteiger partial charge in [0.1, 0.15) is 18.2 Å². The molecule has 0 saturated carbocycles. The van der Waals surface area contributed by atoms with Gasteiger partial charge in [-0.25, -0.2) is 4.98 Å². The second kappa shape index (κ2) is 7.42. The van der Waals surface area contributed by atoms with E-state index in [1.807, 2.05) is 20.0 Å². The van der Waals surface area contributed by atoms with E-state index in [4.69, 9.17) is 10.5 Å². The largest absolute Gasteiger partial charge is 0.489 e. The molecule has 2 N–H and O–H groups in total. The normalized spacial score (nSPS) is 12.4. The molecule has 4 nitrogen and oxygen atoms in total. The average molecular weight is 417 g/mol. The summed E-state index contributed by atoms with van der Waals surface area (Å²) < 4.78 is 9.82. The molecular weight excluding hydrogens is 398 g/mol. The van der Waals surface area contributed by atoms with Gasteiger partial charge in [0.15, 0.2) is 0 Å². The first-order chi connectivity index (χ1) is 9.97. The maximum atomic E-state index is 5.88. The molecule has 1 unspecified atom stereocenters. The zero-order valence-corrected chi connectivity index (χ0v) is 15.3. The summed E-state index contributed by atoms with van der Waals surface area (Å²) in [5.41, 5.74) is 7.02. The number of rotatable bonds is 6. The minimum atomic E-state index is 0.139. The van der Waals surface area contributed by atoms with Crippen molar-refractivity contribution in [1.29, 1.82) is 0 Å². The van der Waals surface area contributed by atoms with Crippen LogP contribution in [0.2, 0.25) is 0 Å². The number of ether oxygens (including phenoxy) is 1. The second-order valence-corrected chi connectivity index (χ2v) is 6.79. The van der Waals surface area contributed by atoms with Gasteiger partial charge in [0.25, 0.3) is 0 Å². The summed E-state index contributed by atoms with van der Waals surface area (Å²) in [5, 5.41) is 0. The summed E-state index contributed by atoms with van der Waals surface area (Å²) in [5.74, 6) is 1.81. The number of hydrogen-bond donors (Lipinski definition) is 1. The van der Waals surface area contributed by atoms with Crippen molar-refractivity contribution in [3.63, 3.8) is 0 Å².